The van der Waals surface area contributed by atoms with Crippen LogP contribution in [0, 0.1) is 5.41 Å². The maximum Gasteiger partial charge on any atom is 0.224 e. The van der Waals surface area contributed by atoms with Gasteiger partial charge in [0.15, 0.2) is 0 Å². The maximum absolute atomic E-state index is 12.4. The second-order valence-electron chi connectivity index (χ2n) is 8.11. The number of carbonyl (C=O) groups excluding carboxylic acids is 1. The summed E-state index contributed by atoms with van der Waals surface area (Å²) in [7, 11) is 0. The Morgan fingerprint density at radius 2 is 1.86 bits per heavy atom. The summed E-state index contributed by atoms with van der Waals surface area (Å²) in [5, 5.41) is 0. The van der Waals surface area contributed by atoms with Gasteiger partial charge in [-0.1, -0.05) is 27.2 Å². The molecule has 2 aliphatic heterocycles. The maximum atomic E-state index is 12.4. The zero-order valence-electron chi connectivity index (χ0n) is 14.1. The molecule has 2 atom stereocenters. The van der Waals surface area contributed by atoms with Crippen molar-refractivity contribution in [1.82, 2.24) is 9.80 Å². The lowest BCUT2D eigenvalue weighted by Crippen LogP contribution is -2.42. The molecule has 0 radical (unpaired) electrons. The summed E-state index contributed by atoms with van der Waals surface area (Å²) < 4.78 is 0. The zero-order valence-corrected chi connectivity index (χ0v) is 14.1. The van der Waals surface area contributed by atoms with Gasteiger partial charge in [-0.15, -0.1) is 0 Å². The minimum Gasteiger partial charge on any atom is -0.341 e. The highest BCUT2D eigenvalue weighted by Gasteiger charge is 2.31. The van der Waals surface area contributed by atoms with Gasteiger partial charge >= 0.3 is 0 Å². The predicted octanol–water partition coefficient (Wildman–Crippen LogP) is 2.23. The van der Waals surface area contributed by atoms with Gasteiger partial charge in [-0.3, -0.25) is 9.69 Å². The van der Waals surface area contributed by atoms with Gasteiger partial charge in [0.05, 0.1) is 0 Å². The molecule has 0 bridgehead atoms. The molecule has 2 aliphatic rings. The molecule has 2 fully saturated rings. The highest BCUT2D eigenvalue weighted by atomic mass is 16.2. The second-order valence-corrected chi connectivity index (χ2v) is 8.11. The average Bonchev–Trinajstić information content (AvgIpc) is 2.87. The second kappa shape index (κ2) is 7.10. The number of hydrogen-bond acceptors (Lipinski definition) is 3. The van der Waals surface area contributed by atoms with Crippen LogP contribution in [0.2, 0.25) is 0 Å². The summed E-state index contributed by atoms with van der Waals surface area (Å²) in [6, 6.07) is 0.583. The van der Waals surface area contributed by atoms with Crippen LogP contribution in [-0.4, -0.2) is 54.0 Å². The van der Waals surface area contributed by atoms with Crippen molar-refractivity contribution in [2.75, 3.05) is 26.2 Å². The number of piperidine rings is 1. The van der Waals surface area contributed by atoms with E-state index < -0.39 is 0 Å². The Morgan fingerprint density at radius 3 is 2.48 bits per heavy atom. The first kappa shape index (κ1) is 16.8. The van der Waals surface area contributed by atoms with Gasteiger partial charge in [-0.2, -0.15) is 0 Å². The quantitative estimate of drug-likeness (QED) is 0.865. The number of carbonyl (C=O) groups is 1. The number of hydrogen-bond donors (Lipinski definition) is 1. The summed E-state index contributed by atoms with van der Waals surface area (Å²) in [4.78, 5) is 17.0. The fourth-order valence-corrected chi connectivity index (χ4v) is 3.76. The Hall–Kier alpha value is -0.610. The monoisotopic (exact) mass is 295 g/mol. The van der Waals surface area contributed by atoms with Gasteiger partial charge in [0.25, 0.3) is 0 Å². The molecular formula is C17H33N3O. The van der Waals surface area contributed by atoms with E-state index in [4.69, 9.17) is 5.73 Å². The lowest BCUT2D eigenvalue weighted by Gasteiger charge is -2.32. The molecule has 0 aromatic carbocycles. The van der Waals surface area contributed by atoms with Crippen LogP contribution in [0.25, 0.3) is 0 Å². The van der Waals surface area contributed by atoms with Crippen LogP contribution < -0.4 is 5.73 Å². The number of nitrogens with two attached hydrogens (primary N) is 1. The zero-order chi connectivity index (χ0) is 15.5. The van der Waals surface area contributed by atoms with E-state index in [1.807, 2.05) is 4.90 Å². The normalized spacial score (nSPS) is 26.1. The number of amides is 1. The van der Waals surface area contributed by atoms with Crippen molar-refractivity contribution in [1.29, 1.82) is 0 Å². The first-order valence-electron chi connectivity index (χ1n) is 8.62. The SMILES string of the molecule is CC(C)(C)CC(N)CC(=O)N1CCC(N2CCCCC2)C1. The molecule has 4 nitrogen and oxygen atoms in total. The van der Waals surface area contributed by atoms with Crippen molar-refractivity contribution < 1.29 is 4.79 Å². The highest BCUT2D eigenvalue weighted by Crippen LogP contribution is 2.23. The molecule has 0 aliphatic carbocycles. The van der Waals surface area contributed by atoms with Crippen molar-refractivity contribution >= 4 is 5.91 Å². The van der Waals surface area contributed by atoms with Gasteiger partial charge in [0, 0.05) is 31.6 Å². The summed E-state index contributed by atoms with van der Waals surface area (Å²) in [6.07, 6.45) is 6.56. The van der Waals surface area contributed by atoms with Crippen LogP contribution in [0.3, 0.4) is 0 Å². The predicted molar refractivity (Wildman–Crippen MR) is 87.1 cm³/mol. The molecule has 2 saturated heterocycles. The molecule has 0 aromatic heterocycles. The number of rotatable bonds is 4. The smallest absolute Gasteiger partial charge is 0.224 e. The largest absolute Gasteiger partial charge is 0.341 e. The van der Waals surface area contributed by atoms with E-state index in [9.17, 15) is 4.79 Å². The van der Waals surface area contributed by atoms with Crippen molar-refractivity contribution in [2.45, 2.75) is 71.4 Å². The Balaban J connectivity index is 1.76. The fourth-order valence-electron chi connectivity index (χ4n) is 3.76. The lowest BCUT2D eigenvalue weighted by molar-refractivity contribution is -0.130. The molecule has 2 N–H and O–H groups in total. The van der Waals surface area contributed by atoms with Gasteiger partial charge < -0.3 is 10.6 Å². The highest BCUT2D eigenvalue weighted by molar-refractivity contribution is 5.77. The van der Waals surface area contributed by atoms with E-state index in [-0.39, 0.29) is 17.4 Å². The molecule has 0 saturated carbocycles. The van der Waals surface area contributed by atoms with Crippen LogP contribution in [0.4, 0.5) is 0 Å². The molecule has 0 spiro atoms. The number of likely N-dealkylation sites (tertiary alicyclic amines) is 2. The topological polar surface area (TPSA) is 49.6 Å². The summed E-state index contributed by atoms with van der Waals surface area (Å²) in [6.45, 7) is 10.8. The Labute approximate surface area is 130 Å². The minimum absolute atomic E-state index is 0.00784. The summed E-state index contributed by atoms with van der Waals surface area (Å²) >= 11 is 0. The third-order valence-electron chi connectivity index (χ3n) is 4.73. The first-order chi connectivity index (χ1) is 9.85. The number of nitrogens with zero attached hydrogens (tertiary/aromatic N) is 2. The molecular weight excluding hydrogens is 262 g/mol. The minimum atomic E-state index is -0.00784. The van der Waals surface area contributed by atoms with Crippen molar-refractivity contribution in [2.24, 2.45) is 11.1 Å². The van der Waals surface area contributed by atoms with Crippen LogP contribution in [0.5, 0.6) is 0 Å². The molecule has 2 heterocycles. The Morgan fingerprint density at radius 1 is 1.19 bits per heavy atom. The van der Waals surface area contributed by atoms with Crippen molar-refractivity contribution in [3.8, 4) is 0 Å². The van der Waals surface area contributed by atoms with Crippen molar-refractivity contribution in [3.63, 3.8) is 0 Å². The van der Waals surface area contributed by atoms with Crippen molar-refractivity contribution in [3.05, 3.63) is 0 Å². The fraction of sp³-hybridized carbons (Fsp3) is 0.941. The first-order valence-corrected chi connectivity index (χ1v) is 8.62. The summed E-state index contributed by atoms with van der Waals surface area (Å²) in [5.74, 6) is 0.256. The van der Waals surface area contributed by atoms with Crippen LogP contribution >= 0.6 is 0 Å². The summed E-state index contributed by atoms with van der Waals surface area (Å²) in [5.41, 5.74) is 6.34. The lowest BCUT2D eigenvalue weighted by atomic mass is 9.87. The molecule has 4 heteroatoms. The van der Waals surface area contributed by atoms with E-state index in [2.05, 4.69) is 25.7 Å². The molecule has 1 amide bonds. The van der Waals surface area contributed by atoms with E-state index in [1.165, 1.54) is 32.4 Å². The van der Waals surface area contributed by atoms with E-state index >= 15 is 0 Å². The molecule has 2 unspecified atom stereocenters. The van der Waals surface area contributed by atoms with Gasteiger partial charge in [-0.05, 0) is 44.2 Å². The Bertz CT molecular complexity index is 344. The molecule has 21 heavy (non-hydrogen) atoms. The standard InChI is InChI=1S/C17H33N3O/c1-17(2,3)12-14(18)11-16(21)20-10-7-15(13-20)19-8-5-4-6-9-19/h14-15H,4-13,18H2,1-3H3. The van der Waals surface area contributed by atoms with Gasteiger partial charge in [0.1, 0.15) is 0 Å². The van der Waals surface area contributed by atoms with E-state index in [1.54, 1.807) is 0 Å². The molecule has 2 rings (SSSR count). The van der Waals surface area contributed by atoms with Crippen LogP contribution in [0.15, 0.2) is 0 Å². The molecule has 122 valence electrons. The third kappa shape index (κ3) is 5.26. The molecule has 0 aromatic rings. The van der Waals surface area contributed by atoms with Crippen LogP contribution in [-0.2, 0) is 4.79 Å². The van der Waals surface area contributed by atoms with E-state index in [0.29, 0.717) is 12.5 Å². The Kier molecular flexibility index (Phi) is 5.67. The van der Waals surface area contributed by atoms with Gasteiger partial charge in [0.2, 0.25) is 5.91 Å². The van der Waals surface area contributed by atoms with Gasteiger partial charge in [-0.25, -0.2) is 0 Å². The van der Waals surface area contributed by atoms with E-state index in [0.717, 1.165) is 25.9 Å². The van der Waals surface area contributed by atoms with Crippen LogP contribution in [0.1, 0.15) is 59.3 Å². The third-order valence-corrected chi connectivity index (χ3v) is 4.73. The average molecular weight is 295 g/mol.